The molecule has 0 unspecified atom stereocenters. The predicted octanol–water partition coefficient (Wildman–Crippen LogP) is 10.9. The van der Waals surface area contributed by atoms with Crippen LogP contribution in [0.1, 0.15) is 16.7 Å². The number of amidine groups is 1. The van der Waals surface area contributed by atoms with E-state index >= 15 is 0 Å². The molecule has 9 aromatic rings. The van der Waals surface area contributed by atoms with Crippen molar-refractivity contribution in [3.05, 3.63) is 199 Å². The second-order valence-electron chi connectivity index (χ2n) is 12.7. The molecule has 0 bridgehead atoms. The molecule has 4 heterocycles. The fourth-order valence-electron chi connectivity index (χ4n) is 6.81. The lowest BCUT2D eigenvalue weighted by Gasteiger charge is -2.15. The quantitative estimate of drug-likeness (QED) is 0.151. The summed E-state index contributed by atoms with van der Waals surface area (Å²) in [5, 5.41) is 7.16. The Labute approximate surface area is 304 Å². The summed E-state index contributed by atoms with van der Waals surface area (Å²) < 4.78 is 8.67. The molecule has 0 saturated carbocycles. The maximum absolute atomic E-state index is 5.35. The van der Waals surface area contributed by atoms with Gasteiger partial charge in [-0.05, 0) is 144 Å². The summed E-state index contributed by atoms with van der Waals surface area (Å²) in [5.74, 6) is 0.751. The van der Waals surface area contributed by atoms with Gasteiger partial charge >= 0.3 is 0 Å². The van der Waals surface area contributed by atoms with Crippen molar-refractivity contribution in [1.29, 1.82) is 0 Å². The number of hydrogen-bond acceptors (Lipinski definition) is 2. The van der Waals surface area contributed by atoms with Crippen LogP contribution in [0.4, 0.5) is 0 Å². The first-order valence-corrected chi connectivity index (χ1v) is 19.1. The monoisotopic (exact) mass is 767 g/mol. The van der Waals surface area contributed by atoms with E-state index in [0.717, 1.165) is 52.3 Å². The number of fused-ring (bicyclic) bond motifs is 3. The molecule has 1 aliphatic rings. The Morgan fingerprint density at radius 3 is 1.24 bits per heavy atom. The van der Waals surface area contributed by atoms with E-state index in [1.54, 1.807) is 0 Å². The van der Waals surface area contributed by atoms with E-state index < -0.39 is 20.7 Å². The van der Waals surface area contributed by atoms with E-state index in [4.69, 9.17) is 9.98 Å². The summed E-state index contributed by atoms with van der Waals surface area (Å²) in [6.45, 7) is 0. The summed E-state index contributed by atoms with van der Waals surface area (Å²) in [7, 11) is 0. The number of halogens is 1. The lowest BCUT2D eigenvalue weighted by molar-refractivity contribution is 1.08. The Bertz CT molecular complexity index is 2520. The van der Waals surface area contributed by atoms with Crippen molar-refractivity contribution in [3.8, 4) is 17.1 Å². The van der Waals surface area contributed by atoms with Gasteiger partial charge in [-0.25, -0.2) is 9.98 Å². The van der Waals surface area contributed by atoms with Crippen LogP contribution >= 0.6 is 20.7 Å². The fourth-order valence-corrected chi connectivity index (χ4v) is 9.28. The number of aliphatic imine (C=N–C) groups is 2. The highest BCUT2D eigenvalue weighted by atomic mass is 127. The minimum atomic E-state index is -0.696. The Balaban J connectivity index is 1.11. The first-order chi connectivity index (χ1) is 25.2. The lowest BCUT2D eigenvalue weighted by Crippen LogP contribution is -2.11. The fraction of sp³-hybridized carbons (Fsp3) is 0. The smallest absolute Gasteiger partial charge is 0.161 e. The molecule has 1 aliphatic heterocycles. The zero-order valence-electron chi connectivity index (χ0n) is 27.4. The molecule has 0 fully saturated rings. The van der Waals surface area contributed by atoms with Crippen molar-refractivity contribution in [1.82, 2.24) is 13.7 Å². The molecule has 0 spiro atoms. The summed E-state index contributed by atoms with van der Waals surface area (Å²) in [5.41, 5.74) is 6.73. The molecule has 6 aromatic carbocycles. The highest BCUT2D eigenvalue weighted by molar-refractivity contribution is 14.2. The Morgan fingerprint density at radius 2 is 0.745 bits per heavy atom. The van der Waals surface area contributed by atoms with Crippen LogP contribution in [0.5, 0.6) is 0 Å². The number of nitrogens with zero attached hydrogens (tertiary/aromatic N) is 5. The molecule has 10 rings (SSSR count). The predicted molar refractivity (Wildman–Crippen MR) is 221 cm³/mol. The second-order valence-corrected chi connectivity index (χ2v) is 15.3. The third-order valence-electron chi connectivity index (χ3n) is 9.50. The van der Waals surface area contributed by atoms with Gasteiger partial charge in [-0.3, -0.25) is 0 Å². The molecule has 3 aromatic heterocycles. The molecule has 0 N–H and O–H groups in total. The average Bonchev–Trinajstić information content (AvgIpc) is 4.02. The van der Waals surface area contributed by atoms with Crippen LogP contribution in [-0.4, -0.2) is 26.9 Å². The van der Waals surface area contributed by atoms with E-state index in [1.165, 1.54) is 26.9 Å². The molecule has 51 heavy (non-hydrogen) atoms. The maximum Gasteiger partial charge on any atom is 0.161 e. The lowest BCUT2D eigenvalue weighted by atomic mass is 10.0. The largest absolute Gasteiger partial charge is 0.324 e. The van der Waals surface area contributed by atoms with Gasteiger partial charge in [0.25, 0.3) is 0 Å². The highest BCUT2D eigenvalue weighted by Crippen LogP contribution is 2.30. The van der Waals surface area contributed by atoms with Crippen molar-refractivity contribution in [2.45, 2.75) is 0 Å². The van der Waals surface area contributed by atoms with Gasteiger partial charge in [0.05, 0.1) is 0 Å². The third kappa shape index (κ3) is 5.63. The van der Waals surface area contributed by atoms with Crippen LogP contribution in [-0.2, 0) is 0 Å². The van der Waals surface area contributed by atoms with Crippen LogP contribution < -0.4 is 0 Å². The Morgan fingerprint density at radius 1 is 0.353 bits per heavy atom. The first-order valence-electron chi connectivity index (χ1n) is 16.9. The molecular weight excluding hydrogens is 737 g/mol. The van der Waals surface area contributed by atoms with Crippen LogP contribution in [0.3, 0.4) is 0 Å². The number of hydrogen-bond donors (Lipinski definition) is 0. The van der Waals surface area contributed by atoms with Gasteiger partial charge < -0.3 is 13.7 Å². The molecule has 242 valence electrons. The molecule has 5 nitrogen and oxygen atoms in total. The van der Waals surface area contributed by atoms with E-state index in [2.05, 4.69) is 196 Å². The van der Waals surface area contributed by atoms with Gasteiger partial charge in [0, 0.05) is 70.9 Å². The Kier molecular flexibility index (Phi) is 7.20. The number of aromatic nitrogens is 3. The SMILES string of the molecule is c1ccn(-c2ccc3ccc(C4=NC(c5ccc6ccc(-n7cccc7)cc6c5)=IC(c5ccc6ccc(-n7cccc7)cc6c5)=N4)cc3c2)c1. The van der Waals surface area contributed by atoms with Crippen molar-refractivity contribution >= 4 is 66.2 Å². The molecule has 0 aliphatic carbocycles. The van der Waals surface area contributed by atoms with Crippen molar-refractivity contribution in [2.75, 3.05) is 0 Å². The van der Waals surface area contributed by atoms with Crippen LogP contribution in [0.25, 0.3) is 49.4 Å². The van der Waals surface area contributed by atoms with Crippen LogP contribution in [0.2, 0.25) is 0 Å². The van der Waals surface area contributed by atoms with Gasteiger partial charge in [-0.15, -0.1) is 0 Å². The second kappa shape index (κ2) is 12.3. The molecule has 0 radical (unpaired) electrons. The van der Waals surface area contributed by atoms with Crippen molar-refractivity contribution in [3.63, 3.8) is 0 Å². The van der Waals surface area contributed by atoms with Crippen molar-refractivity contribution in [2.24, 2.45) is 9.98 Å². The van der Waals surface area contributed by atoms with E-state index in [0.29, 0.717) is 0 Å². The summed E-state index contributed by atoms with van der Waals surface area (Å²) in [6, 6.07) is 52.3. The highest BCUT2D eigenvalue weighted by Gasteiger charge is 2.17. The topological polar surface area (TPSA) is 39.5 Å². The van der Waals surface area contributed by atoms with Gasteiger partial charge in [-0.2, -0.15) is 0 Å². The van der Waals surface area contributed by atoms with Gasteiger partial charge in [0.1, 0.15) is 7.35 Å². The summed E-state index contributed by atoms with van der Waals surface area (Å²) in [4.78, 5) is 10.7. The molecular formula is C45H30IN5. The molecule has 6 heteroatoms. The molecule has 0 saturated heterocycles. The summed E-state index contributed by atoms with van der Waals surface area (Å²) in [6.07, 6.45) is 12.5. The van der Waals surface area contributed by atoms with Crippen LogP contribution in [0, 0.1) is 0 Å². The minimum Gasteiger partial charge on any atom is -0.324 e. The molecule has 0 amide bonds. The maximum atomic E-state index is 5.35. The van der Waals surface area contributed by atoms with E-state index in [1.807, 2.05) is 0 Å². The number of rotatable bonds is 6. The first kappa shape index (κ1) is 29.8. The normalized spacial score (nSPS) is 13.2. The van der Waals surface area contributed by atoms with Gasteiger partial charge in [0.2, 0.25) is 0 Å². The van der Waals surface area contributed by atoms with E-state index in [9.17, 15) is 0 Å². The van der Waals surface area contributed by atoms with Crippen molar-refractivity contribution < 1.29 is 0 Å². The Hall–Kier alpha value is -6.12. The zero-order chi connectivity index (χ0) is 33.7. The number of benzene rings is 6. The summed E-state index contributed by atoms with van der Waals surface area (Å²) >= 11 is -0.696. The van der Waals surface area contributed by atoms with E-state index in [-0.39, 0.29) is 0 Å². The van der Waals surface area contributed by atoms with Crippen LogP contribution in [0.15, 0.2) is 193 Å². The van der Waals surface area contributed by atoms with Gasteiger partial charge in [-0.1, -0.05) is 54.6 Å². The van der Waals surface area contributed by atoms with Gasteiger partial charge in [0.15, 0.2) is 5.84 Å². The molecule has 0 atom stereocenters. The minimum absolute atomic E-state index is 0.696. The zero-order valence-corrected chi connectivity index (χ0v) is 29.6. The average molecular weight is 768 g/mol. The third-order valence-corrected chi connectivity index (χ3v) is 12.3. The standard InChI is InChI=1S/C45H30IN5/c1-2-20-49(19-1)40-16-13-31-7-10-34(25-37(31)28-40)43-46-44(35-11-8-32-14-17-41(29-38(32)26-35)50-21-3-4-22-50)48-45(47-43)36-12-9-33-15-18-42(30-39(33)27-36)51-23-5-6-24-51/h1-30H.